The molecule has 2 rings (SSSR count). The van der Waals surface area contributed by atoms with Crippen LogP contribution in [0.3, 0.4) is 0 Å². The molecule has 0 amide bonds. The van der Waals surface area contributed by atoms with E-state index < -0.39 is 0 Å². The molecular formula is C12H24N2O. The van der Waals surface area contributed by atoms with E-state index in [9.17, 15) is 0 Å². The third kappa shape index (κ3) is 3.74. The lowest BCUT2D eigenvalue weighted by atomic mass is 10.0. The molecule has 1 heterocycles. The molecule has 1 saturated heterocycles. The van der Waals surface area contributed by atoms with Gasteiger partial charge in [-0.25, -0.2) is 0 Å². The van der Waals surface area contributed by atoms with Gasteiger partial charge in [-0.3, -0.25) is 4.90 Å². The van der Waals surface area contributed by atoms with Gasteiger partial charge in [-0.05, 0) is 38.6 Å². The van der Waals surface area contributed by atoms with E-state index in [4.69, 9.17) is 5.11 Å². The Morgan fingerprint density at radius 3 is 2.80 bits per heavy atom. The molecule has 1 unspecified atom stereocenters. The normalized spacial score (nSPS) is 28.2. The monoisotopic (exact) mass is 212 g/mol. The molecule has 0 spiro atoms. The molecule has 1 aliphatic heterocycles. The van der Waals surface area contributed by atoms with Gasteiger partial charge in [0.2, 0.25) is 0 Å². The van der Waals surface area contributed by atoms with Crippen LogP contribution < -0.4 is 5.32 Å². The maximum atomic E-state index is 8.87. The Kier molecular flexibility index (Phi) is 4.42. The standard InChI is InChI=1S/C12H24N2O/c15-9-3-8-14-7-2-1-4-12(14)10-13-11-5-6-11/h11-13,15H,1-10H2. The smallest absolute Gasteiger partial charge is 0.0443 e. The zero-order valence-electron chi connectivity index (χ0n) is 9.62. The maximum Gasteiger partial charge on any atom is 0.0443 e. The van der Waals surface area contributed by atoms with Crippen LogP contribution >= 0.6 is 0 Å². The Morgan fingerprint density at radius 1 is 1.20 bits per heavy atom. The molecule has 1 atom stereocenters. The molecule has 1 aliphatic carbocycles. The zero-order valence-corrected chi connectivity index (χ0v) is 9.62. The summed E-state index contributed by atoms with van der Waals surface area (Å²) < 4.78 is 0. The third-order valence-electron chi connectivity index (χ3n) is 3.57. The minimum Gasteiger partial charge on any atom is -0.396 e. The lowest BCUT2D eigenvalue weighted by molar-refractivity contribution is 0.132. The predicted molar refractivity (Wildman–Crippen MR) is 61.9 cm³/mol. The van der Waals surface area contributed by atoms with Crippen LogP contribution in [0, 0.1) is 0 Å². The van der Waals surface area contributed by atoms with Crippen molar-refractivity contribution in [2.75, 3.05) is 26.2 Å². The van der Waals surface area contributed by atoms with Gasteiger partial charge in [-0.2, -0.15) is 0 Å². The average molecular weight is 212 g/mol. The molecule has 0 aromatic rings. The Hall–Kier alpha value is -0.120. The van der Waals surface area contributed by atoms with Crippen LogP contribution in [0.5, 0.6) is 0 Å². The number of nitrogens with one attached hydrogen (secondary N) is 1. The molecule has 0 aromatic carbocycles. The van der Waals surface area contributed by atoms with E-state index >= 15 is 0 Å². The van der Waals surface area contributed by atoms with Crippen LogP contribution in [0.15, 0.2) is 0 Å². The van der Waals surface area contributed by atoms with Crippen molar-refractivity contribution in [1.82, 2.24) is 10.2 Å². The van der Waals surface area contributed by atoms with Gasteiger partial charge >= 0.3 is 0 Å². The lowest BCUT2D eigenvalue weighted by Gasteiger charge is -2.35. The van der Waals surface area contributed by atoms with E-state index in [1.807, 2.05) is 0 Å². The fraction of sp³-hybridized carbons (Fsp3) is 1.00. The topological polar surface area (TPSA) is 35.5 Å². The number of aliphatic hydroxyl groups is 1. The van der Waals surface area contributed by atoms with E-state index in [1.165, 1.54) is 38.6 Å². The molecule has 2 fully saturated rings. The third-order valence-corrected chi connectivity index (χ3v) is 3.57. The largest absolute Gasteiger partial charge is 0.396 e. The Bertz CT molecular complexity index is 182. The van der Waals surface area contributed by atoms with Crippen LogP contribution in [-0.4, -0.2) is 48.3 Å². The number of nitrogens with zero attached hydrogens (tertiary/aromatic N) is 1. The molecule has 0 radical (unpaired) electrons. The molecule has 0 bridgehead atoms. The zero-order chi connectivity index (χ0) is 10.5. The first-order chi connectivity index (χ1) is 7.40. The van der Waals surface area contributed by atoms with Gasteiger partial charge in [0.05, 0.1) is 0 Å². The summed E-state index contributed by atoms with van der Waals surface area (Å²) in [6, 6.07) is 1.55. The molecule has 2 aliphatic rings. The summed E-state index contributed by atoms with van der Waals surface area (Å²) in [7, 11) is 0. The maximum absolute atomic E-state index is 8.87. The highest BCUT2D eigenvalue weighted by Gasteiger charge is 2.25. The number of rotatable bonds is 6. The second-order valence-electron chi connectivity index (χ2n) is 4.95. The van der Waals surface area contributed by atoms with Crippen LogP contribution in [0.25, 0.3) is 0 Å². The molecule has 1 saturated carbocycles. The van der Waals surface area contributed by atoms with Gasteiger partial charge < -0.3 is 10.4 Å². The van der Waals surface area contributed by atoms with Gasteiger partial charge in [-0.1, -0.05) is 6.42 Å². The lowest BCUT2D eigenvalue weighted by Crippen LogP contribution is -2.46. The van der Waals surface area contributed by atoms with Crippen molar-refractivity contribution in [2.45, 2.75) is 50.6 Å². The van der Waals surface area contributed by atoms with Gasteiger partial charge in [0, 0.05) is 31.8 Å². The van der Waals surface area contributed by atoms with Gasteiger partial charge in [0.1, 0.15) is 0 Å². The first kappa shape index (κ1) is 11.4. The summed E-state index contributed by atoms with van der Waals surface area (Å²) in [5, 5.41) is 12.5. The summed E-state index contributed by atoms with van der Waals surface area (Å²) in [5.41, 5.74) is 0. The molecule has 3 heteroatoms. The van der Waals surface area contributed by atoms with Crippen LogP contribution in [-0.2, 0) is 0 Å². The summed E-state index contributed by atoms with van der Waals surface area (Å²) in [6.07, 6.45) is 7.75. The summed E-state index contributed by atoms with van der Waals surface area (Å²) in [4.78, 5) is 2.56. The first-order valence-electron chi connectivity index (χ1n) is 6.48. The molecule has 2 N–H and O–H groups in total. The van der Waals surface area contributed by atoms with Crippen molar-refractivity contribution < 1.29 is 5.11 Å². The summed E-state index contributed by atoms with van der Waals surface area (Å²) in [5.74, 6) is 0. The number of likely N-dealkylation sites (tertiary alicyclic amines) is 1. The van der Waals surface area contributed by atoms with Crippen molar-refractivity contribution in [3.63, 3.8) is 0 Å². The van der Waals surface area contributed by atoms with Crippen molar-refractivity contribution in [2.24, 2.45) is 0 Å². The van der Waals surface area contributed by atoms with Crippen molar-refractivity contribution in [1.29, 1.82) is 0 Å². The van der Waals surface area contributed by atoms with Crippen LogP contribution in [0.4, 0.5) is 0 Å². The predicted octanol–water partition coefficient (Wildman–Crippen LogP) is 0.975. The number of aliphatic hydroxyl groups excluding tert-OH is 1. The van der Waals surface area contributed by atoms with E-state index in [0.717, 1.165) is 31.6 Å². The highest BCUT2D eigenvalue weighted by atomic mass is 16.3. The summed E-state index contributed by atoms with van der Waals surface area (Å²) >= 11 is 0. The highest BCUT2D eigenvalue weighted by molar-refractivity contribution is 4.85. The van der Waals surface area contributed by atoms with Crippen molar-refractivity contribution in [3.8, 4) is 0 Å². The minimum absolute atomic E-state index is 0.333. The van der Waals surface area contributed by atoms with E-state index in [-0.39, 0.29) is 0 Å². The molecule has 3 nitrogen and oxygen atoms in total. The first-order valence-corrected chi connectivity index (χ1v) is 6.48. The fourth-order valence-electron chi connectivity index (χ4n) is 2.45. The number of piperidine rings is 1. The van der Waals surface area contributed by atoms with Gasteiger partial charge in [-0.15, -0.1) is 0 Å². The van der Waals surface area contributed by atoms with E-state index in [0.29, 0.717) is 6.61 Å². The Morgan fingerprint density at radius 2 is 2.07 bits per heavy atom. The second kappa shape index (κ2) is 5.83. The van der Waals surface area contributed by atoms with Crippen LogP contribution in [0.1, 0.15) is 38.5 Å². The Labute approximate surface area is 92.8 Å². The van der Waals surface area contributed by atoms with Gasteiger partial charge in [0.25, 0.3) is 0 Å². The van der Waals surface area contributed by atoms with E-state index in [2.05, 4.69) is 10.2 Å². The number of hydrogen-bond donors (Lipinski definition) is 2. The molecular weight excluding hydrogens is 188 g/mol. The van der Waals surface area contributed by atoms with Crippen LogP contribution in [0.2, 0.25) is 0 Å². The van der Waals surface area contributed by atoms with Gasteiger partial charge in [0.15, 0.2) is 0 Å². The number of hydrogen-bond acceptors (Lipinski definition) is 3. The average Bonchev–Trinajstić information content (AvgIpc) is 3.08. The second-order valence-corrected chi connectivity index (χ2v) is 4.95. The van der Waals surface area contributed by atoms with Crippen molar-refractivity contribution in [3.05, 3.63) is 0 Å². The Balaban J connectivity index is 1.70. The highest BCUT2D eigenvalue weighted by Crippen LogP contribution is 2.21. The van der Waals surface area contributed by atoms with E-state index in [1.54, 1.807) is 0 Å². The van der Waals surface area contributed by atoms with Crippen molar-refractivity contribution >= 4 is 0 Å². The molecule has 0 aromatic heterocycles. The molecule has 15 heavy (non-hydrogen) atoms. The SMILES string of the molecule is OCCCN1CCCCC1CNC1CC1. The fourth-order valence-corrected chi connectivity index (χ4v) is 2.45. The quantitative estimate of drug-likeness (QED) is 0.689. The molecule has 88 valence electrons. The minimum atomic E-state index is 0.333. The summed E-state index contributed by atoms with van der Waals surface area (Å²) in [6.45, 7) is 3.81.